The highest BCUT2D eigenvalue weighted by Gasteiger charge is 2.77. The van der Waals surface area contributed by atoms with Crippen LogP contribution in [0.25, 0.3) is 0 Å². The number of alkyl halides is 2. The average Bonchev–Trinajstić information content (AvgIpc) is 2.92. The number of rotatable bonds is 3. The van der Waals surface area contributed by atoms with Crippen LogP contribution in [0.1, 0.15) is 47.0 Å². The second-order valence-corrected chi connectivity index (χ2v) is 10.4. The molecule has 0 aromatic carbocycles. The predicted molar refractivity (Wildman–Crippen MR) is 110 cm³/mol. The molecule has 2 N–H and O–H groups in total. The number of aliphatic hydroxyl groups excluding tert-OH is 2. The minimum Gasteiger partial charge on any atom is -0.450 e. The van der Waals surface area contributed by atoms with Crippen LogP contribution in [0.3, 0.4) is 0 Å². The number of carbonyl (C=O) groups excluding carboxylic acids is 3. The standard InChI is InChI=1S/C24H30F2O6/c1-12-7-15-16-9-18(25)17-8-14(29)5-6-21(17,3)23(16,26)19(30)10-22(15,4)24(12,20(31)11-27)32-13(2)28/h5-6,8,12,15-16,18-19,27,30H,7,9-11H2,1-4H3/t12-,15-,16-,18-,19?,21-,22-,23-,24-/m0/s1. The van der Waals surface area contributed by atoms with Gasteiger partial charge in [-0.1, -0.05) is 19.9 Å². The summed E-state index contributed by atoms with van der Waals surface area (Å²) in [5, 5.41) is 21.0. The SMILES string of the molecule is CC(=O)O[C@]1(C(=O)CO)[C@@H](C)C[C@H]2[C@@H]3C[C@H](F)C4=CC(=O)C=C[C@]4(C)[C@@]3(F)C(O)C[C@@]21C. The Kier molecular flexibility index (Phi) is 5.11. The Labute approximate surface area is 185 Å². The summed E-state index contributed by atoms with van der Waals surface area (Å²) >= 11 is 0. The summed E-state index contributed by atoms with van der Waals surface area (Å²) in [6.45, 7) is 5.16. The third-order valence-electron chi connectivity index (χ3n) is 9.03. The lowest BCUT2D eigenvalue weighted by Crippen LogP contribution is -2.71. The van der Waals surface area contributed by atoms with E-state index in [1.165, 1.54) is 19.1 Å². The molecule has 0 spiro atoms. The summed E-state index contributed by atoms with van der Waals surface area (Å²) in [5.74, 6) is -3.99. The Morgan fingerprint density at radius 1 is 1.25 bits per heavy atom. The minimum atomic E-state index is -2.28. The van der Waals surface area contributed by atoms with Gasteiger partial charge >= 0.3 is 5.97 Å². The number of fused-ring (bicyclic) bond motifs is 5. The Bertz CT molecular complexity index is 945. The Balaban J connectivity index is 1.89. The van der Waals surface area contributed by atoms with Crippen LogP contribution in [-0.2, 0) is 19.1 Å². The molecule has 0 saturated heterocycles. The van der Waals surface area contributed by atoms with Gasteiger partial charge in [-0.2, -0.15) is 0 Å². The molecule has 0 heterocycles. The van der Waals surface area contributed by atoms with Crippen LogP contribution in [0.4, 0.5) is 8.78 Å². The van der Waals surface area contributed by atoms with Gasteiger partial charge in [0.05, 0.1) is 6.10 Å². The molecule has 4 rings (SSSR count). The lowest BCUT2D eigenvalue weighted by Gasteiger charge is -2.63. The molecule has 3 fully saturated rings. The van der Waals surface area contributed by atoms with Crippen LogP contribution in [0.5, 0.6) is 0 Å². The first-order valence-corrected chi connectivity index (χ1v) is 11.1. The smallest absolute Gasteiger partial charge is 0.303 e. The van der Waals surface area contributed by atoms with Crippen molar-refractivity contribution in [1.82, 2.24) is 0 Å². The first-order valence-electron chi connectivity index (χ1n) is 11.1. The zero-order chi connectivity index (χ0) is 23.9. The maximum Gasteiger partial charge on any atom is 0.303 e. The highest BCUT2D eigenvalue weighted by Crippen LogP contribution is 2.71. The summed E-state index contributed by atoms with van der Waals surface area (Å²) in [4.78, 5) is 37.0. The number of carbonyl (C=O) groups is 3. The topological polar surface area (TPSA) is 101 Å². The molecule has 4 aliphatic carbocycles. The number of Topliss-reactive ketones (excluding diaryl/α,β-unsaturated/α-hetero) is 1. The second-order valence-electron chi connectivity index (χ2n) is 10.4. The van der Waals surface area contributed by atoms with Crippen LogP contribution in [0, 0.1) is 28.6 Å². The number of hydrogen-bond donors (Lipinski definition) is 2. The molecule has 32 heavy (non-hydrogen) atoms. The summed E-state index contributed by atoms with van der Waals surface area (Å²) in [6.07, 6.45) is 0.273. The van der Waals surface area contributed by atoms with Crippen molar-refractivity contribution >= 4 is 17.5 Å². The zero-order valence-electron chi connectivity index (χ0n) is 18.7. The average molecular weight is 452 g/mol. The van der Waals surface area contributed by atoms with E-state index >= 15 is 8.78 Å². The van der Waals surface area contributed by atoms with Crippen LogP contribution >= 0.6 is 0 Å². The predicted octanol–water partition coefficient (Wildman–Crippen LogP) is 2.41. The van der Waals surface area contributed by atoms with E-state index in [1.54, 1.807) is 13.8 Å². The number of hydrogen-bond acceptors (Lipinski definition) is 6. The van der Waals surface area contributed by atoms with Gasteiger partial charge in [-0.3, -0.25) is 14.4 Å². The number of allylic oxidation sites excluding steroid dienone is 4. The zero-order valence-corrected chi connectivity index (χ0v) is 18.7. The van der Waals surface area contributed by atoms with Gasteiger partial charge < -0.3 is 14.9 Å². The summed E-state index contributed by atoms with van der Waals surface area (Å²) < 4.78 is 38.1. The van der Waals surface area contributed by atoms with E-state index in [9.17, 15) is 24.6 Å². The van der Waals surface area contributed by atoms with E-state index in [2.05, 4.69) is 0 Å². The van der Waals surface area contributed by atoms with Gasteiger partial charge in [0.25, 0.3) is 0 Å². The maximum absolute atomic E-state index is 17.1. The van der Waals surface area contributed by atoms with Crippen molar-refractivity contribution in [2.45, 2.75) is 70.5 Å². The number of aliphatic hydroxyl groups is 2. The van der Waals surface area contributed by atoms with Crippen LogP contribution in [0.15, 0.2) is 23.8 Å². The number of ether oxygens (including phenoxy) is 1. The van der Waals surface area contributed by atoms with Crippen LogP contribution in [0.2, 0.25) is 0 Å². The molecule has 0 amide bonds. The summed E-state index contributed by atoms with van der Waals surface area (Å²) in [6, 6.07) is 0. The lowest BCUT2D eigenvalue weighted by atomic mass is 9.44. The van der Waals surface area contributed by atoms with Gasteiger partial charge in [0, 0.05) is 29.6 Å². The molecular weight excluding hydrogens is 422 g/mol. The third-order valence-corrected chi connectivity index (χ3v) is 9.03. The molecule has 6 nitrogen and oxygen atoms in total. The molecule has 176 valence electrons. The van der Waals surface area contributed by atoms with Crippen molar-refractivity contribution in [3.05, 3.63) is 23.8 Å². The quantitative estimate of drug-likeness (QED) is 0.638. The molecule has 3 saturated carbocycles. The monoisotopic (exact) mass is 452 g/mol. The van der Waals surface area contributed by atoms with Gasteiger partial charge in [0.2, 0.25) is 5.78 Å². The van der Waals surface area contributed by atoms with Crippen molar-refractivity contribution < 1.29 is 38.1 Å². The van der Waals surface area contributed by atoms with Crippen molar-refractivity contribution in [2.24, 2.45) is 28.6 Å². The fourth-order valence-corrected chi connectivity index (χ4v) is 7.74. The molecule has 4 aliphatic rings. The van der Waals surface area contributed by atoms with E-state index in [4.69, 9.17) is 4.74 Å². The highest BCUT2D eigenvalue weighted by molar-refractivity contribution is 6.01. The molecule has 1 unspecified atom stereocenters. The van der Waals surface area contributed by atoms with Gasteiger partial charge in [-0.15, -0.1) is 0 Å². The largest absolute Gasteiger partial charge is 0.450 e. The Hall–Kier alpha value is -1.93. The van der Waals surface area contributed by atoms with Crippen LogP contribution < -0.4 is 0 Å². The third kappa shape index (κ3) is 2.54. The fourth-order valence-electron chi connectivity index (χ4n) is 7.74. The summed E-state index contributed by atoms with van der Waals surface area (Å²) in [7, 11) is 0. The lowest BCUT2D eigenvalue weighted by molar-refractivity contribution is -0.231. The molecule has 8 heteroatoms. The van der Waals surface area contributed by atoms with E-state index in [0.29, 0.717) is 0 Å². The van der Waals surface area contributed by atoms with Crippen LogP contribution in [-0.4, -0.2) is 57.9 Å². The van der Waals surface area contributed by atoms with Gasteiger partial charge in [-0.25, -0.2) is 8.78 Å². The normalized spacial score (nSPS) is 49.6. The molecule has 0 aliphatic heterocycles. The first kappa shape index (κ1) is 23.2. The van der Waals surface area contributed by atoms with Gasteiger partial charge in [0.15, 0.2) is 17.1 Å². The van der Waals surface area contributed by atoms with Crippen molar-refractivity contribution in [2.75, 3.05) is 6.61 Å². The molecular formula is C24H30F2O6. The highest BCUT2D eigenvalue weighted by atomic mass is 19.1. The number of esters is 1. The second kappa shape index (κ2) is 7.03. The molecule has 0 aromatic heterocycles. The molecule has 0 bridgehead atoms. The fraction of sp³-hybridized carbons (Fsp3) is 0.708. The van der Waals surface area contributed by atoms with Crippen molar-refractivity contribution in [1.29, 1.82) is 0 Å². The summed E-state index contributed by atoms with van der Waals surface area (Å²) in [5.41, 5.74) is -6.74. The Morgan fingerprint density at radius 2 is 1.91 bits per heavy atom. The molecule has 9 atom stereocenters. The minimum absolute atomic E-state index is 0.0233. The van der Waals surface area contributed by atoms with Crippen molar-refractivity contribution in [3.8, 4) is 0 Å². The van der Waals surface area contributed by atoms with E-state index < -0.39 is 76.3 Å². The number of ketones is 2. The Morgan fingerprint density at radius 3 is 2.50 bits per heavy atom. The number of halogens is 2. The first-order chi connectivity index (χ1) is 14.8. The van der Waals surface area contributed by atoms with E-state index in [1.807, 2.05) is 0 Å². The van der Waals surface area contributed by atoms with Gasteiger partial charge in [-0.05, 0) is 49.8 Å². The van der Waals surface area contributed by atoms with Gasteiger partial charge in [0.1, 0.15) is 12.8 Å². The van der Waals surface area contributed by atoms with E-state index in [0.717, 1.165) is 13.0 Å². The van der Waals surface area contributed by atoms with E-state index in [-0.39, 0.29) is 24.8 Å². The maximum atomic E-state index is 17.1. The molecule has 0 radical (unpaired) electrons. The molecule has 0 aromatic rings. The van der Waals surface area contributed by atoms with Crippen molar-refractivity contribution in [3.63, 3.8) is 0 Å².